The number of hydrogen-bond donors (Lipinski definition) is 1. The Morgan fingerprint density at radius 2 is 1.76 bits per heavy atom. The number of thioether (sulfide) groups is 1. The first-order valence-corrected chi connectivity index (χ1v) is 14.2. The summed E-state index contributed by atoms with van der Waals surface area (Å²) in [7, 11) is -3.90. The molecule has 0 atom stereocenters. The Morgan fingerprint density at radius 1 is 1.06 bits per heavy atom. The molecule has 0 aliphatic heterocycles. The van der Waals surface area contributed by atoms with Gasteiger partial charge >= 0.3 is 0 Å². The predicted molar refractivity (Wildman–Crippen MR) is 136 cm³/mol. The number of sulfonamides is 1. The Labute approximate surface area is 202 Å². The molecule has 1 aliphatic rings. The zero-order valence-electron chi connectivity index (χ0n) is 19.2. The maximum Gasteiger partial charge on any atom is 0.264 e. The van der Waals surface area contributed by atoms with Crippen molar-refractivity contribution in [2.45, 2.75) is 55.6 Å². The number of anilines is 1. The Balaban J connectivity index is 1.62. The fraction of sp³-hybridized carbons (Fsp3) is 0.480. The van der Waals surface area contributed by atoms with Gasteiger partial charge < -0.3 is 10.1 Å². The first kappa shape index (κ1) is 25.4. The van der Waals surface area contributed by atoms with Crippen molar-refractivity contribution < 1.29 is 17.9 Å². The van der Waals surface area contributed by atoms with Crippen molar-refractivity contribution in [3.63, 3.8) is 0 Å². The number of carbonyl (C=O) groups excluding carboxylic acids is 1. The van der Waals surface area contributed by atoms with Gasteiger partial charge in [0.25, 0.3) is 10.0 Å². The van der Waals surface area contributed by atoms with Crippen LogP contribution in [0, 0.1) is 0 Å². The van der Waals surface area contributed by atoms with E-state index in [0.717, 1.165) is 21.7 Å². The van der Waals surface area contributed by atoms with Gasteiger partial charge in [-0.3, -0.25) is 9.10 Å². The molecular formula is C25H34N2O4S2. The highest BCUT2D eigenvalue weighted by Gasteiger charge is 2.27. The number of carbonyl (C=O) groups is 1. The van der Waals surface area contributed by atoms with Crippen molar-refractivity contribution in [3.05, 3.63) is 54.6 Å². The molecule has 1 aliphatic carbocycles. The highest BCUT2D eigenvalue weighted by molar-refractivity contribution is 7.99. The summed E-state index contributed by atoms with van der Waals surface area (Å²) in [5.41, 5.74) is 0.422. The van der Waals surface area contributed by atoms with E-state index in [-0.39, 0.29) is 17.3 Å². The molecule has 0 unspecified atom stereocenters. The number of benzene rings is 2. The molecule has 1 amide bonds. The summed E-state index contributed by atoms with van der Waals surface area (Å²) in [5.74, 6) is 1.35. The average molecular weight is 491 g/mol. The highest BCUT2D eigenvalue weighted by atomic mass is 32.2. The van der Waals surface area contributed by atoms with E-state index in [1.165, 1.54) is 44.2 Å². The Kier molecular flexibility index (Phi) is 9.94. The summed E-state index contributed by atoms with van der Waals surface area (Å²) in [5, 5.41) is 3.64. The number of hydrogen-bond acceptors (Lipinski definition) is 5. The first-order valence-electron chi connectivity index (χ1n) is 11.7. The highest BCUT2D eigenvalue weighted by Crippen LogP contribution is 2.28. The first-order chi connectivity index (χ1) is 16.0. The summed E-state index contributed by atoms with van der Waals surface area (Å²) in [6.45, 7) is 2.67. The second-order valence-corrected chi connectivity index (χ2v) is 11.4. The molecule has 0 aromatic heterocycles. The second kappa shape index (κ2) is 12.9. The maximum absolute atomic E-state index is 13.3. The normalized spacial score (nSPS) is 14.6. The molecule has 2 aromatic carbocycles. The van der Waals surface area contributed by atoms with Crippen molar-refractivity contribution >= 4 is 33.4 Å². The lowest BCUT2D eigenvalue weighted by Crippen LogP contribution is -2.41. The minimum absolute atomic E-state index is 0.149. The smallest absolute Gasteiger partial charge is 0.264 e. The van der Waals surface area contributed by atoms with E-state index in [1.54, 1.807) is 42.5 Å². The van der Waals surface area contributed by atoms with Crippen LogP contribution in [0.2, 0.25) is 0 Å². The monoisotopic (exact) mass is 490 g/mol. The molecular weight excluding hydrogens is 456 g/mol. The van der Waals surface area contributed by atoms with E-state index in [1.807, 2.05) is 18.7 Å². The third kappa shape index (κ3) is 7.67. The maximum atomic E-state index is 13.3. The quantitative estimate of drug-likeness (QED) is 0.430. The summed E-state index contributed by atoms with van der Waals surface area (Å²) >= 11 is 2.00. The number of amides is 1. The zero-order valence-corrected chi connectivity index (χ0v) is 20.9. The number of ether oxygens (including phenoxy) is 1. The standard InChI is InChI=1S/C25H34N2O4S2/c1-2-31-22-16-14-21(15-17-22)27(33(29,30)24-12-7-4-8-13-24)20-25(28)26-18-9-19-32-23-10-5-3-6-11-23/h4,7-8,12-17,23H,2-3,5-6,9-11,18-20H2,1H3,(H,26,28). The molecule has 0 bridgehead atoms. The van der Waals surface area contributed by atoms with Crippen molar-refractivity contribution in [3.8, 4) is 5.75 Å². The van der Waals surface area contributed by atoms with Crippen LogP contribution in [0.25, 0.3) is 0 Å². The lowest BCUT2D eigenvalue weighted by atomic mass is 10.0. The molecule has 180 valence electrons. The topological polar surface area (TPSA) is 75.7 Å². The Morgan fingerprint density at radius 3 is 2.42 bits per heavy atom. The van der Waals surface area contributed by atoms with Crippen LogP contribution < -0.4 is 14.4 Å². The van der Waals surface area contributed by atoms with Gasteiger partial charge in [-0.2, -0.15) is 11.8 Å². The lowest BCUT2D eigenvalue weighted by Gasteiger charge is -2.24. The van der Waals surface area contributed by atoms with E-state index < -0.39 is 10.0 Å². The SMILES string of the molecule is CCOc1ccc(N(CC(=O)NCCCSC2CCCCC2)S(=O)(=O)c2ccccc2)cc1. The van der Waals surface area contributed by atoms with Crippen LogP contribution >= 0.6 is 11.8 Å². The molecule has 1 fully saturated rings. The Bertz CT molecular complexity index is 960. The lowest BCUT2D eigenvalue weighted by molar-refractivity contribution is -0.119. The van der Waals surface area contributed by atoms with Gasteiger partial charge in [0.2, 0.25) is 5.91 Å². The van der Waals surface area contributed by atoms with Crippen molar-refractivity contribution in [2.24, 2.45) is 0 Å². The number of nitrogens with one attached hydrogen (secondary N) is 1. The Hall–Kier alpha value is -2.19. The molecule has 33 heavy (non-hydrogen) atoms. The minimum atomic E-state index is -3.90. The fourth-order valence-electron chi connectivity index (χ4n) is 3.88. The van der Waals surface area contributed by atoms with Crippen LogP contribution in [0.4, 0.5) is 5.69 Å². The van der Waals surface area contributed by atoms with Crippen molar-refractivity contribution in [2.75, 3.05) is 29.8 Å². The van der Waals surface area contributed by atoms with E-state index in [2.05, 4.69) is 5.32 Å². The van der Waals surface area contributed by atoms with Gasteiger partial charge in [-0.05, 0) is 68.3 Å². The molecule has 1 N–H and O–H groups in total. The summed E-state index contributed by atoms with van der Waals surface area (Å²) in [4.78, 5) is 12.8. The fourth-order valence-corrected chi connectivity index (χ4v) is 6.63. The van der Waals surface area contributed by atoms with Gasteiger partial charge in [-0.15, -0.1) is 0 Å². The average Bonchev–Trinajstić information content (AvgIpc) is 2.84. The molecule has 1 saturated carbocycles. The van der Waals surface area contributed by atoms with E-state index in [4.69, 9.17) is 4.74 Å². The van der Waals surface area contributed by atoms with Gasteiger partial charge in [0.05, 0.1) is 17.2 Å². The molecule has 6 nitrogen and oxygen atoms in total. The van der Waals surface area contributed by atoms with Gasteiger partial charge in [0.15, 0.2) is 0 Å². The van der Waals surface area contributed by atoms with Crippen molar-refractivity contribution in [1.82, 2.24) is 5.32 Å². The van der Waals surface area contributed by atoms with Gasteiger partial charge in [0, 0.05) is 11.8 Å². The molecule has 0 saturated heterocycles. The zero-order chi connectivity index (χ0) is 23.5. The molecule has 0 heterocycles. The summed E-state index contributed by atoms with van der Waals surface area (Å²) in [6, 6.07) is 15.0. The van der Waals surface area contributed by atoms with E-state index in [9.17, 15) is 13.2 Å². The third-order valence-corrected chi connectivity index (χ3v) is 8.86. The molecule has 0 radical (unpaired) electrons. The van der Waals surface area contributed by atoms with Gasteiger partial charge in [-0.25, -0.2) is 8.42 Å². The van der Waals surface area contributed by atoms with Crippen LogP contribution in [-0.2, 0) is 14.8 Å². The van der Waals surface area contributed by atoms with Crippen LogP contribution in [0.3, 0.4) is 0 Å². The molecule has 3 rings (SSSR count). The third-order valence-electron chi connectivity index (χ3n) is 5.60. The molecule has 0 spiro atoms. The van der Waals surface area contributed by atoms with E-state index >= 15 is 0 Å². The number of nitrogens with zero attached hydrogens (tertiary/aromatic N) is 1. The summed E-state index contributed by atoms with van der Waals surface area (Å²) < 4.78 is 33.3. The molecule has 8 heteroatoms. The van der Waals surface area contributed by atoms with E-state index in [0.29, 0.717) is 24.6 Å². The van der Waals surface area contributed by atoms with Gasteiger partial charge in [-0.1, -0.05) is 37.5 Å². The van der Waals surface area contributed by atoms with Crippen LogP contribution in [0.1, 0.15) is 45.4 Å². The van der Waals surface area contributed by atoms with Gasteiger partial charge in [0.1, 0.15) is 12.3 Å². The largest absolute Gasteiger partial charge is 0.494 e. The van der Waals surface area contributed by atoms with Crippen LogP contribution in [0.5, 0.6) is 5.75 Å². The minimum Gasteiger partial charge on any atom is -0.494 e. The second-order valence-electron chi connectivity index (χ2n) is 8.09. The number of rotatable bonds is 12. The van der Waals surface area contributed by atoms with Crippen molar-refractivity contribution in [1.29, 1.82) is 0 Å². The van der Waals surface area contributed by atoms with Crippen LogP contribution in [0.15, 0.2) is 59.5 Å². The predicted octanol–water partition coefficient (Wildman–Crippen LogP) is 4.85. The van der Waals surface area contributed by atoms with Crippen LogP contribution in [-0.4, -0.2) is 45.0 Å². The summed E-state index contributed by atoms with van der Waals surface area (Å²) in [6.07, 6.45) is 7.47. The molecule has 2 aromatic rings.